The number of hydrogen-bond donors (Lipinski definition) is 1. The van der Waals surface area contributed by atoms with Crippen molar-refractivity contribution in [3.05, 3.63) is 0 Å². The summed E-state index contributed by atoms with van der Waals surface area (Å²) in [4.78, 5) is 24.6. The van der Waals surface area contributed by atoms with Crippen LogP contribution >= 0.6 is 0 Å². The largest absolute Gasteiger partial charge is 0.465 e. The lowest BCUT2D eigenvalue weighted by atomic mass is 9.71. The molecule has 110 valence electrons. The summed E-state index contributed by atoms with van der Waals surface area (Å²) in [6, 6.07) is 0. The molecule has 0 saturated heterocycles. The molecule has 0 aliphatic heterocycles. The zero-order valence-electron chi connectivity index (χ0n) is 12.0. The summed E-state index contributed by atoms with van der Waals surface area (Å²) in [6.45, 7) is 5.59. The van der Waals surface area contributed by atoms with Crippen molar-refractivity contribution in [1.82, 2.24) is 0 Å². The Balaban J connectivity index is 3.12. The molecule has 1 fully saturated rings. The highest BCUT2D eigenvalue weighted by Gasteiger charge is 2.56. The summed E-state index contributed by atoms with van der Waals surface area (Å²) in [5, 5.41) is 10.1. The molecule has 0 radical (unpaired) electrons. The number of esters is 2. The minimum Gasteiger partial charge on any atom is -0.465 e. The van der Waals surface area contributed by atoms with Gasteiger partial charge in [0.25, 0.3) is 0 Å². The highest BCUT2D eigenvalue weighted by atomic mass is 16.6. The Morgan fingerprint density at radius 2 is 1.63 bits per heavy atom. The van der Waals surface area contributed by atoms with E-state index < -0.39 is 29.4 Å². The summed E-state index contributed by atoms with van der Waals surface area (Å²) >= 11 is 0. The molecule has 0 heterocycles. The number of ether oxygens (including phenoxy) is 2. The predicted octanol–water partition coefficient (Wildman–Crippen LogP) is 1.67. The van der Waals surface area contributed by atoms with Gasteiger partial charge < -0.3 is 14.6 Å². The highest BCUT2D eigenvalue weighted by molar-refractivity contribution is 6.00. The SMILES string of the molecule is CCOC(=O)C(CC)(C(=O)OCC)C1CCCC1O. The van der Waals surface area contributed by atoms with Crippen molar-refractivity contribution in [3.8, 4) is 0 Å². The Morgan fingerprint density at radius 3 is 1.95 bits per heavy atom. The van der Waals surface area contributed by atoms with E-state index in [0.717, 1.165) is 6.42 Å². The Morgan fingerprint density at radius 1 is 1.11 bits per heavy atom. The van der Waals surface area contributed by atoms with Crippen molar-refractivity contribution >= 4 is 11.9 Å². The molecule has 0 aromatic heterocycles. The number of hydrogen-bond acceptors (Lipinski definition) is 5. The third kappa shape index (κ3) is 2.91. The summed E-state index contributed by atoms with van der Waals surface area (Å²) < 4.78 is 10.2. The molecule has 0 amide bonds. The van der Waals surface area contributed by atoms with Gasteiger partial charge in [0, 0.05) is 5.92 Å². The first-order valence-corrected chi connectivity index (χ1v) is 7.07. The molecule has 1 aliphatic rings. The zero-order valence-corrected chi connectivity index (χ0v) is 12.0. The fourth-order valence-electron chi connectivity index (χ4n) is 2.97. The van der Waals surface area contributed by atoms with E-state index >= 15 is 0 Å². The standard InChI is InChI=1S/C14H24O5/c1-4-14(12(16)18-5-2,13(17)19-6-3)10-8-7-9-11(10)15/h10-11,15H,4-9H2,1-3H3. The summed E-state index contributed by atoms with van der Waals surface area (Å²) in [6.07, 6.45) is 1.71. The van der Waals surface area contributed by atoms with Crippen LogP contribution in [-0.4, -0.2) is 36.4 Å². The molecule has 5 nitrogen and oxygen atoms in total. The van der Waals surface area contributed by atoms with Gasteiger partial charge in [-0.1, -0.05) is 13.3 Å². The van der Waals surface area contributed by atoms with E-state index in [9.17, 15) is 14.7 Å². The second-order valence-corrected chi connectivity index (χ2v) is 4.87. The van der Waals surface area contributed by atoms with Gasteiger partial charge in [0.2, 0.25) is 0 Å². The topological polar surface area (TPSA) is 72.8 Å². The van der Waals surface area contributed by atoms with Crippen molar-refractivity contribution in [2.24, 2.45) is 11.3 Å². The van der Waals surface area contributed by atoms with Gasteiger partial charge in [-0.3, -0.25) is 9.59 Å². The molecule has 0 aromatic rings. The van der Waals surface area contributed by atoms with Crippen LogP contribution in [0.3, 0.4) is 0 Å². The molecule has 19 heavy (non-hydrogen) atoms. The third-order valence-electron chi connectivity index (χ3n) is 3.95. The van der Waals surface area contributed by atoms with Gasteiger partial charge in [0.15, 0.2) is 5.41 Å². The van der Waals surface area contributed by atoms with Gasteiger partial charge in [-0.05, 0) is 33.1 Å². The fourth-order valence-corrected chi connectivity index (χ4v) is 2.97. The number of aliphatic hydroxyl groups excluding tert-OH is 1. The average Bonchev–Trinajstić information content (AvgIpc) is 2.79. The monoisotopic (exact) mass is 272 g/mol. The van der Waals surface area contributed by atoms with Crippen molar-refractivity contribution in [2.45, 2.75) is 52.6 Å². The van der Waals surface area contributed by atoms with Gasteiger partial charge >= 0.3 is 11.9 Å². The summed E-state index contributed by atoms with van der Waals surface area (Å²) in [7, 11) is 0. The molecule has 1 N–H and O–H groups in total. The molecule has 0 bridgehead atoms. The summed E-state index contributed by atoms with van der Waals surface area (Å²) in [5.74, 6) is -1.54. The van der Waals surface area contributed by atoms with E-state index in [4.69, 9.17) is 9.47 Å². The number of aliphatic hydroxyl groups is 1. The minimum absolute atomic E-state index is 0.211. The molecule has 0 spiro atoms. The Bertz CT molecular complexity index is 308. The lowest BCUT2D eigenvalue weighted by Gasteiger charge is -2.35. The van der Waals surface area contributed by atoms with Gasteiger partial charge in [-0.2, -0.15) is 0 Å². The molecule has 2 unspecified atom stereocenters. The van der Waals surface area contributed by atoms with E-state index in [1.54, 1.807) is 20.8 Å². The first-order chi connectivity index (χ1) is 9.04. The molecule has 5 heteroatoms. The lowest BCUT2D eigenvalue weighted by molar-refractivity contribution is -0.180. The molecule has 0 aromatic carbocycles. The van der Waals surface area contributed by atoms with Crippen molar-refractivity contribution < 1.29 is 24.2 Å². The minimum atomic E-state index is -1.36. The third-order valence-corrected chi connectivity index (χ3v) is 3.95. The van der Waals surface area contributed by atoms with E-state index in [1.165, 1.54) is 0 Å². The Hall–Kier alpha value is -1.10. The number of rotatable bonds is 6. The van der Waals surface area contributed by atoms with Gasteiger partial charge in [-0.25, -0.2) is 0 Å². The zero-order chi connectivity index (χ0) is 14.5. The van der Waals surface area contributed by atoms with Crippen LogP contribution in [0, 0.1) is 11.3 Å². The first-order valence-electron chi connectivity index (χ1n) is 7.07. The molecule has 2 atom stereocenters. The van der Waals surface area contributed by atoms with E-state index in [-0.39, 0.29) is 19.6 Å². The molecular weight excluding hydrogens is 248 g/mol. The van der Waals surface area contributed by atoms with Crippen LogP contribution in [0.2, 0.25) is 0 Å². The van der Waals surface area contributed by atoms with Gasteiger partial charge in [0.05, 0.1) is 19.3 Å². The second kappa shape index (κ2) is 6.89. The highest BCUT2D eigenvalue weighted by Crippen LogP contribution is 2.44. The molecule has 1 rings (SSSR count). The maximum Gasteiger partial charge on any atom is 0.323 e. The van der Waals surface area contributed by atoms with Crippen molar-refractivity contribution in [3.63, 3.8) is 0 Å². The molecule has 1 aliphatic carbocycles. The number of carbonyl (C=O) groups excluding carboxylic acids is 2. The van der Waals surface area contributed by atoms with Crippen LogP contribution in [-0.2, 0) is 19.1 Å². The van der Waals surface area contributed by atoms with Crippen LogP contribution in [0.4, 0.5) is 0 Å². The molecular formula is C14H24O5. The quantitative estimate of drug-likeness (QED) is 0.588. The van der Waals surface area contributed by atoms with Crippen LogP contribution in [0.25, 0.3) is 0 Å². The second-order valence-electron chi connectivity index (χ2n) is 4.87. The van der Waals surface area contributed by atoms with Crippen LogP contribution in [0.1, 0.15) is 46.5 Å². The van der Waals surface area contributed by atoms with Gasteiger partial charge in [-0.15, -0.1) is 0 Å². The normalized spacial score (nSPS) is 23.2. The maximum absolute atomic E-state index is 12.3. The number of carbonyl (C=O) groups is 2. The van der Waals surface area contributed by atoms with Crippen LogP contribution in [0.5, 0.6) is 0 Å². The first kappa shape index (κ1) is 16.0. The van der Waals surface area contributed by atoms with Gasteiger partial charge in [0.1, 0.15) is 0 Å². The van der Waals surface area contributed by atoms with Crippen molar-refractivity contribution in [1.29, 1.82) is 0 Å². The fraction of sp³-hybridized carbons (Fsp3) is 0.857. The lowest BCUT2D eigenvalue weighted by Crippen LogP contribution is -2.49. The predicted molar refractivity (Wildman–Crippen MR) is 69.3 cm³/mol. The Labute approximate surface area is 114 Å². The Kier molecular flexibility index (Phi) is 5.79. The smallest absolute Gasteiger partial charge is 0.323 e. The average molecular weight is 272 g/mol. The molecule has 1 saturated carbocycles. The van der Waals surface area contributed by atoms with E-state index in [0.29, 0.717) is 12.8 Å². The van der Waals surface area contributed by atoms with Crippen LogP contribution < -0.4 is 0 Å². The summed E-state index contributed by atoms with van der Waals surface area (Å²) in [5.41, 5.74) is -1.36. The maximum atomic E-state index is 12.3. The van der Waals surface area contributed by atoms with E-state index in [2.05, 4.69) is 0 Å². The van der Waals surface area contributed by atoms with E-state index in [1.807, 2.05) is 0 Å². The van der Waals surface area contributed by atoms with Crippen molar-refractivity contribution in [2.75, 3.05) is 13.2 Å². The van der Waals surface area contributed by atoms with Crippen LogP contribution in [0.15, 0.2) is 0 Å².